The first-order chi connectivity index (χ1) is 9.47. The van der Waals surface area contributed by atoms with Crippen LogP contribution in [0.5, 0.6) is 0 Å². The van der Waals surface area contributed by atoms with E-state index in [0.29, 0.717) is 17.9 Å². The third kappa shape index (κ3) is 5.95. The lowest BCUT2D eigenvalue weighted by Crippen LogP contribution is -2.49. The number of rotatable bonds is 4. The molecule has 0 bridgehead atoms. The lowest BCUT2D eigenvalue weighted by atomic mass is 9.68. The quantitative estimate of drug-likeness (QED) is 0.839. The minimum absolute atomic E-state index is 0.0618. The largest absolute Gasteiger partial charge is 0.364 e. The predicted octanol–water partition coefficient (Wildman–Crippen LogP) is 2.85. The lowest BCUT2D eigenvalue weighted by Gasteiger charge is -2.43. The molecule has 0 saturated heterocycles. The van der Waals surface area contributed by atoms with Crippen LogP contribution in [0.2, 0.25) is 0 Å². The van der Waals surface area contributed by atoms with Gasteiger partial charge in [0.1, 0.15) is 6.61 Å². The first-order valence-corrected chi connectivity index (χ1v) is 8.12. The summed E-state index contributed by atoms with van der Waals surface area (Å²) in [5.74, 6) is 0.650. The van der Waals surface area contributed by atoms with Crippen molar-refractivity contribution < 1.29 is 9.53 Å². The normalized spacial score (nSPS) is 27.5. The molecule has 1 aliphatic carbocycles. The molecule has 0 atom stereocenters. The van der Waals surface area contributed by atoms with E-state index in [1.165, 1.54) is 0 Å². The molecule has 0 aromatic carbocycles. The van der Waals surface area contributed by atoms with Crippen LogP contribution in [0.25, 0.3) is 0 Å². The highest BCUT2D eigenvalue weighted by Crippen LogP contribution is 2.42. The number of hydrogen-bond acceptors (Lipinski definition) is 3. The second-order valence-electron chi connectivity index (χ2n) is 8.61. The smallest absolute Gasteiger partial charge is 0.246 e. The average molecular weight is 298 g/mol. The Morgan fingerprint density at radius 2 is 1.71 bits per heavy atom. The molecule has 0 aliphatic heterocycles. The molecule has 21 heavy (non-hydrogen) atoms. The Morgan fingerprint density at radius 1 is 1.19 bits per heavy atom. The Hall–Kier alpha value is -0.610. The number of nitrogens with one attached hydrogen (secondary N) is 1. The third-order valence-electron chi connectivity index (χ3n) is 4.52. The van der Waals surface area contributed by atoms with Gasteiger partial charge >= 0.3 is 0 Å². The minimum Gasteiger partial charge on any atom is -0.364 e. The molecule has 3 N–H and O–H groups in total. The molecule has 1 saturated carbocycles. The summed E-state index contributed by atoms with van der Waals surface area (Å²) in [5, 5.41) is 2.93. The molecule has 1 fully saturated rings. The molecule has 0 spiro atoms. The minimum atomic E-state index is -0.309. The summed E-state index contributed by atoms with van der Waals surface area (Å²) in [6, 6.07) is 0. The van der Waals surface area contributed by atoms with Gasteiger partial charge in [0, 0.05) is 12.1 Å². The van der Waals surface area contributed by atoms with Gasteiger partial charge in [0.25, 0.3) is 0 Å². The summed E-state index contributed by atoms with van der Waals surface area (Å²) in [4.78, 5) is 11.9. The number of ether oxygens (including phenoxy) is 1. The van der Waals surface area contributed by atoms with Gasteiger partial charge in [-0.3, -0.25) is 4.79 Å². The number of hydrogen-bond donors (Lipinski definition) is 2. The topological polar surface area (TPSA) is 64.3 Å². The second-order valence-corrected chi connectivity index (χ2v) is 8.61. The van der Waals surface area contributed by atoms with E-state index in [-0.39, 0.29) is 23.7 Å². The Kier molecular flexibility index (Phi) is 5.84. The van der Waals surface area contributed by atoms with Crippen LogP contribution in [-0.4, -0.2) is 30.2 Å². The van der Waals surface area contributed by atoms with Gasteiger partial charge in [-0.05, 0) is 57.8 Å². The first kappa shape index (κ1) is 18.4. The van der Waals surface area contributed by atoms with E-state index in [2.05, 4.69) is 26.1 Å². The molecule has 4 nitrogen and oxygen atoms in total. The van der Waals surface area contributed by atoms with Crippen LogP contribution in [0.4, 0.5) is 0 Å². The van der Waals surface area contributed by atoms with Gasteiger partial charge in [-0.2, -0.15) is 0 Å². The predicted molar refractivity (Wildman–Crippen MR) is 87.0 cm³/mol. The highest BCUT2D eigenvalue weighted by atomic mass is 16.5. The highest BCUT2D eigenvalue weighted by molar-refractivity contribution is 5.77. The van der Waals surface area contributed by atoms with Gasteiger partial charge in [0.2, 0.25) is 5.91 Å². The average Bonchev–Trinajstić information content (AvgIpc) is 2.34. The van der Waals surface area contributed by atoms with Crippen LogP contribution in [-0.2, 0) is 9.53 Å². The monoisotopic (exact) mass is 298 g/mol. The van der Waals surface area contributed by atoms with Crippen molar-refractivity contribution in [1.29, 1.82) is 0 Å². The van der Waals surface area contributed by atoms with Gasteiger partial charge in [-0.15, -0.1) is 0 Å². The number of carbonyl (C=O) groups is 1. The molecule has 0 heterocycles. The Morgan fingerprint density at radius 3 is 2.10 bits per heavy atom. The number of nitrogens with two attached hydrogens (primary N) is 1. The fourth-order valence-electron chi connectivity index (χ4n) is 3.09. The lowest BCUT2D eigenvalue weighted by molar-refractivity contribution is -0.138. The van der Waals surface area contributed by atoms with Crippen molar-refractivity contribution in [3.05, 3.63) is 0 Å². The number of carbonyl (C=O) groups excluding carboxylic acids is 1. The van der Waals surface area contributed by atoms with E-state index in [9.17, 15) is 4.79 Å². The van der Waals surface area contributed by atoms with Gasteiger partial charge in [0.15, 0.2) is 0 Å². The summed E-state index contributed by atoms with van der Waals surface area (Å²) >= 11 is 0. The second kappa shape index (κ2) is 6.66. The molecule has 1 amide bonds. The van der Waals surface area contributed by atoms with Crippen LogP contribution in [0.15, 0.2) is 0 Å². The van der Waals surface area contributed by atoms with Gasteiger partial charge in [0.05, 0.1) is 5.60 Å². The fraction of sp³-hybridized carbons (Fsp3) is 0.941. The van der Waals surface area contributed by atoms with E-state index >= 15 is 0 Å². The molecule has 1 aliphatic rings. The van der Waals surface area contributed by atoms with Crippen LogP contribution < -0.4 is 11.1 Å². The summed E-state index contributed by atoms with van der Waals surface area (Å²) in [6.45, 7) is 13.4. The molecule has 0 aromatic heterocycles. The third-order valence-corrected chi connectivity index (χ3v) is 4.52. The van der Waals surface area contributed by atoms with Crippen LogP contribution >= 0.6 is 0 Å². The molecular weight excluding hydrogens is 264 g/mol. The zero-order chi connectivity index (χ0) is 16.3. The van der Waals surface area contributed by atoms with Crippen molar-refractivity contribution in [3.8, 4) is 0 Å². The summed E-state index contributed by atoms with van der Waals surface area (Å²) in [5.41, 5.74) is 5.76. The van der Waals surface area contributed by atoms with Crippen molar-refractivity contribution >= 4 is 5.91 Å². The Labute approximate surface area is 130 Å². The molecule has 4 heteroatoms. The van der Waals surface area contributed by atoms with E-state index in [1.54, 1.807) is 0 Å². The summed E-state index contributed by atoms with van der Waals surface area (Å²) < 4.78 is 5.95. The van der Waals surface area contributed by atoms with Gasteiger partial charge < -0.3 is 15.8 Å². The maximum atomic E-state index is 11.9. The van der Waals surface area contributed by atoms with Crippen LogP contribution in [0, 0.1) is 11.3 Å². The maximum absolute atomic E-state index is 11.9. The maximum Gasteiger partial charge on any atom is 0.246 e. The van der Waals surface area contributed by atoms with Gasteiger partial charge in [-0.25, -0.2) is 0 Å². The van der Waals surface area contributed by atoms with Crippen molar-refractivity contribution in [1.82, 2.24) is 5.32 Å². The van der Waals surface area contributed by atoms with E-state index in [4.69, 9.17) is 10.5 Å². The fourth-order valence-corrected chi connectivity index (χ4v) is 3.09. The first-order valence-electron chi connectivity index (χ1n) is 8.12. The number of amides is 1. The molecule has 0 aromatic rings. The molecule has 0 unspecified atom stereocenters. The summed E-state index contributed by atoms with van der Waals surface area (Å²) in [6.07, 6.45) is 4.16. The molecular formula is C17H34N2O2. The Balaban J connectivity index is 2.51. The molecule has 1 rings (SSSR count). The van der Waals surface area contributed by atoms with E-state index < -0.39 is 0 Å². The molecule has 124 valence electrons. The standard InChI is InChI=1S/C17H34N2O2/c1-15(2,3)13-7-9-17(12-18,10-8-13)21-11-14(20)19-16(4,5)6/h13H,7-12,18H2,1-6H3,(H,19,20). The zero-order valence-corrected chi connectivity index (χ0v) is 14.7. The molecule has 0 radical (unpaired) electrons. The Bertz CT molecular complexity index is 345. The van der Waals surface area contributed by atoms with Crippen LogP contribution in [0.1, 0.15) is 67.2 Å². The van der Waals surface area contributed by atoms with Gasteiger partial charge in [-0.1, -0.05) is 20.8 Å². The van der Waals surface area contributed by atoms with Crippen LogP contribution in [0.3, 0.4) is 0 Å². The van der Waals surface area contributed by atoms with Crippen molar-refractivity contribution in [2.45, 2.75) is 78.4 Å². The van der Waals surface area contributed by atoms with E-state index in [0.717, 1.165) is 25.7 Å². The van der Waals surface area contributed by atoms with Crippen molar-refractivity contribution in [2.75, 3.05) is 13.2 Å². The summed E-state index contributed by atoms with van der Waals surface area (Å²) in [7, 11) is 0. The van der Waals surface area contributed by atoms with Crippen molar-refractivity contribution in [2.24, 2.45) is 17.1 Å². The van der Waals surface area contributed by atoms with Crippen molar-refractivity contribution in [3.63, 3.8) is 0 Å². The van der Waals surface area contributed by atoms with E-state index in [1.807, 2.05) is 20.8 Å². The zero-order valence-electron chi connectivity index (χ0n) is 14.7. The highest BCUT2D eigenvalue weighted by Gasteiger charge is 2.39. The SMILES string of the molecule is CC(C)(C)NC(=O)COC1(CN)CCC(C(C)(C)C)CC1.